The molecule has 0 fully saturated rings. The molecule has 0 unspecified atom stereocenters. The number of aromatic nitrogens is 1. The number of ether oxygens (including phenoxy) is 1. The molecule has 0 saturated heterocycles. The molecular formula is C12H9ClFNO. The van der Waals surface area contributed by atoms with Crippen molar-refractivity contribution in [2.75, 3.05) is 0 Å². The molecule has 2 nitrogen and oxygen atoms in total. The van der Waals surface area contributed by atoms with E-state index in [2.05, 4.69) is 4.98 Å². The monoisotopic (exact) mass is 237 g/mol. The number of nitrogens with zero attached hydrogens (tertiary/aromatic N) is 1. The zero-order chi connectivity index (χ0) is 11.5. The predicted octanol–water partition coefficient (Wildman–Crippen LogP) is 3.97. The fourth-order valence-corrected chi connectivity index (χ4v) is 1.43. The first-order valence-corrected chi connectivity index (χ1v) is 5.08. The van der Waals surface area contributed by atoms with E-state index in [1.807, 2.05) is 0 Å². The molecule has 0 aliphatic carbocycles. The first-order valence-electron chi connectivity index (χ1n) is 4.71. The quantitative estimate of drug-likeness (QED) is 0.738. The van der Waals surface area contributed by atoms with Crippen molar-refractivity contribution in [3.8, 4) is 11.5 Å². The highest BCUT2D eigenvalue weighted by atomic mass is 35.5. The van der Waals surface area contributed by atoms with Crippen LogP contribution in [0.1, 0.15) is 5.56 Å². The van der Waals surface area contributed by atoms with Gasteiger partial charge in [0.25, 0.3) is 0 Å². The Bertz CT molecular complexity index is 516. The standard InChI is InChI=1S/C12H9ClFNO/c1-8-6-9(2-3-11(8)14)16-10-4-5-15-12(13)7-10/h2-7H,1H3. The van der Waals surface area contributed by atoms with Crippen molar-refractivity contribution in [1.29, 1.82) is 0 Å². The highest BCUT2D eigenvalue weighted by molar-refractivity contribution is 6.29. The summed E-state index contributed by atoms with van der Waals surface area (Å²) >= 11 is 5.72. The molecule has 0 aliphatic rings. The molecule has 0 amide bonds. The third-order valence-electron chi connectivity index (χ3n) is 2.06. The molecule has 2 rings (SSSR count). The Labute approximate surface area is 97.7 Å². The fourth-order valence-electron chi connectivity index (χ4n) is 1.26. The van der Waals surface area contributed by atoms with E-state index < -0.39 is 0 Å². The molecule has 4 heteroatoms. The van der Waals surface area contributed by atoms with Crippen LogP contribution in [0.4, 0.5) is 4.39 Å². The Hall–Kier alpha value is -1.61. The Kier molecular flexibility index (Phi) is 3.06. The maximum Gasteiger partial charge on any atom is 0.132 e. The number of hydrogen-bond donors (Lipinski definition) is 0. The van der Waals surface area contributed by atoms with Gasteiger partial charge in [0.1, 0.15) is 22.5 Å². The van der Waals surface area contributed by atoms with Gasteiger partial charge in [0.05, 0.1) is 0 Å². The van der Waals surface area contributed by atoms with Gasteiger partial charge < -0.3 is 4.74 Å². The molecule has 0 N–H and O–H groups in total. The average molecular weight is 238 g/mol. The summed E-state index contributed by atoms with van der Waals surface area (Å²) in [5.74, 6) is 0.896. The molecule has 0 radical (unpaired) electrons. The molecule has 16 heavy (non-hydrogen) atoms. The van der Waals surface area contributed by atoms with Crippen LogP contribution >= 0.6 is 11.6 Å². The van der Waals surface area contributed by atoms with Gasteiger partial charge in [-0.15, -0.1) is 0 Å². The van der Waals surface area contributed by atoms with Crippen LogP contribution in [0.2, 0.25) is 5.15 Å². The van der Waals surface area contributed by atoms with Crippen molar-refractivity contribution in [1.82, 2.24) is 4.98 Å². The van der Waals surface area contributed by atoms with E-state index >= 15 is 0 Å². The predicted molar refractivity (Wildman–Crippen MR) is 60.5 cm³/mol. The van der Waals surface area contributed by atoms with Gasteiger partial charge >= 0.3 is 0 Å². The molecule has 0 saturated carbocycles. The number of hydrogen-bond acceptors (Lipinski definition) is 2. The highest BCUT2D eigenvalue weighted by Crippen LogP contribution is 2.24. The third-order valence-corrected chi connectivity index (χ3v) is 2.27. The van der Waals surface area contributed by atoms with Gasteiger partial charge in [-0.25, -0.2) is 9.37 Å². The van der Waals surface area contributed by atoms with Crippen LogP contribution in [-0.4, -0.2) is 4.98 Å². The van der Waals surface area contributed by atoms with Crippen LogP contribution in [0.5, 0.6) is 11.5 Å². The lowest BCUT2D eigenvalue weighted by atomic mass is 10.2. The number of pyridine rings is 1. The molecule has 1 aromatic carbocycles. The second kappa shape index (κ2) is 4.49. The van der Waals surface area contributed by atoms with Crippen LogP contribution in [0.25, 0.3) is 0 Å². The second-order valence-corrected chi connectivity index (χ2v) is 3.71. The van der Waals surface area contributed by atoms with Crippen molar-refractivity contribution in [2.24, 2.45) is 0 Å². The molecule has 0 spiro atoms. The molecule has 1 aromatic heterocycles. The van der Waals surface area contributed by atoms with E-state index in [0.717, 1.165) is 0 Å². The first kappa shape index (κ1) is 10.9. The van der Waals surface area contributed by atoms with Crippen molar-refractivity contribution in [3.63, 3.8) is 0 Å². The maximum atomic E-state index is 13.0. The lowest BCUT2D eigenvalue weighted by Crippen LogP contribution is -1.87. The minimum atomic E-state index is -0.250. The van der Waals surface area contributed by atoms with E-state index in [9.17, 15) is 4.39 Å². The van der Waals surface area contributed by atoms with Gasteiger partial charge in [0.15, 0.2) is 0 Å². The molecule has 2 aromatic rings. The Balaban J connectivity index is 2.24. The van der Waals surface area contributed by atoms with Crippen molar-refractivity contribution in [2.45, 2.75) is 6.92 Å². The third kappa shape index (κ3) is 2.49. The molecule has 0 aliphatic heterocycles. The number of benzene rings is 1. The minimum Gasteiger partial charge on any atom is -0.457 e. The Morgan fingerprint density at radius 1 is 1.19 bits per heavy atom. The number of halogens is 2. The van der Waals surface area contributed by atoms with E-state index in [0.29, 0.717) is 22.2 Å². The van der Waals surface area contributed by atoms with Crippen LogP contribution in [-0.2, 0) is 0 Å². The fraction of sp³-hybridized carbons (Fsp3) is 0.0833. The summed E-state index contributed by atoms with van der Waals surface area (Å²) in [4.78, 5) is 3.84. The van der Waals surface area contributed by atoms with Gasteiger partial charge in [0, 0.05) is 12.3 Å². The minimum absolute atomic E-state index is 0.250. The molecule has 0 bridgehead atoms. The summed E-state index contributed by atoms with van der Waals surface area (Å²) < 4.78 is 18.5. The highest BCUT2D eigenvalue weighted by Gasteiger charge is 2.02. The zero-order valence-corrected chi connectivity index (χ0v) is 9.33. The van der Waals surface area contributed by atoms with Gasteiger partial charge in [-0.1, -0.05) is 11.6 Å². The molecule has 82 valence electrons. The van der Waals surface area contributed by atoms with Gasteiger partial charge in [0.2, 0.25) is 0 Å². The van der Waals surface area contributed by atoms with Crippen LogP contribution in [0.3, 0.4) is 0 Å². The largest absolute Gasteiger partial charge is 0.457 e. The lowest BCUT2D eigenvalue weighted by molar-refractivity contribution is 0.479. The first-order chi connectivity index (χ1) is 7.65. The van der Waals surface area contributed by atoms with Crippen LogP contribution in [0, 0.1) is 12.7 Å². The summed E-state index contributed by atoms with van der Waals surface area (Å²) in [6.07, 6.45) is 1.55. The number of rotatable bonds is 2. The summed E-state index contributed by atoms with van der Waals surface area (Å²) in [6.45, 7) is 1.68. The summed E-state index contributed by atoms with van der Waals surface area (Å²) in [5.41, 5.74) is 0.539. The topological polar surface area (TPSA) is 22.1 Å². The molecule has 1 heterocycles. The summed E-state index contributed by atoms with van der Waals surface area (Å²) in [7, 11) is 0. The normalized spacial score (nSPS) is 10.2. The van der Waals surface area contributed by atoms with E-state index in [4.69, 9.17) is 16.3 Å². The van der Waals surface area contributed by atoms with E-state index in [1.165, 1.54) is 6.07 Å². The van der Waals surface area contributed by atoms with Gasteiger partial charge in [-0.2, -0.15) is 0 Å². The maximum absolute atomic E-state index is 13.0. The van der Waals surface area contributed by atoms with E-state index in [-0.39, 0.29) is 5.82 Å². The van der Waals surface area contributed by atoms with Gasteiger partial charge in [-0.05, 0) is 36.8 Å². The summed E-state index contributed by atoms with van der Waals surface area (Å²) in [6, 6.07) is 7.85. The van der Waals surface area contributed by atoms with Crippen molar-refractivity contribution < 1.29 is 9.13 Å². The van der Waals surface area contributed by atoms with Crippen molar-refractivity contribution in [3.05, 3.63) is 53.1 Å². The SMILES string of the molecule is Cc1cc(Oc2ccnc(Cl)c2)ccc1F. The average Bonchev–Trinajstić information content (AvgIpc) is 2.24. The molecular weight excluding hydrogens is 229 g/mol. The Morgan fingerprint density at radius 2 is 1.94 bits per heavy atom. The van der Waals surface area contributed by atoms with Crippen LogP contribution < -0.4 is 4.74 Å². The lowest BCUT2D eigenvalue weighted by Gasteiger charge is -2.06. The second-order valence-electron chi connectivity index (χ2n) is 3.33. The van der Waals surface area contributed by atoms with Crippen molar-refractivity contribution >= 4 is 11.6 Å². The smallest absolute Gasteiger partial charge is 0.132 e. The zero-order valence-electron chi connectivity index (χ0n) is 8.58. The summed E-state index contributed by atoms with van der Waals surface area (Å²) in [5, 5.41) is 0.358. The Morgan fingerprint density at radius 3 is 2.62 bits per heavy atom. The number of aryl methyl sites for hydroxylation is 1. The van der Waals surface area contributed by atoms with Gasteiger partial charge in [-0.3, -0.25) is 0 Å². The van der Waals surface area contributed by atoms with Crippen LogP contribution in [0.15, 0.2) is 36.5 Å². The molecule has 0 atom stereocenters. The van der Waals surface area contributed by atoms with E-state index in [1.54, 1.807) is 37.4 Å².